The number of amides is 1. The molecule has 1 aromatic heterocycles. The Hall–Kier alpha value is -1.36. The maximum Gasteiger partial charge on any atom is 0.292 e. The van der Waals surface area contributed by atoms with Gasteiger partial charge in [-0.1, -0.05) is 38.3 Å². The average Bonchev–Trinajstić information content (AvgIpc) is 3.05. The molecule has 2 heterocycles. The van der Waals surface area contributed by atoms with E-state index < -0.39 is 0 Å². The summed E-state index contributed by atoms with van der Waals surface area (Å²) in [6, 6.07) is 2.53. The largest absolute Gasteiger partial charge is 0.351 e. The van der Waals surface area contributed by atoms with Crippen LogP contribution in [0.2, 0.25) is 0 Å². The third kappa shape index (κ3) is 3.35. The van der Waals surface area contributed by atoms with E-state index in [9.17, 15) is 4.79 Å². The maximum absolute atomic E-state index is 12.5. The van der Waals surface area contributed by atoms with Gasteiger partial charge in [-0.25, -0.2) is 0 Å². The first-order valence-electron chi connectivity index (χ1n) is 8.65. The van der Waals surface area contributed by atoms with Gasteiger partial charge in [0, 0.05) is 38.3 Å². The summed E-state index contributed by atoms with van der Waals surface area (Å²) in [6.07, 6.45) is 6.76. The topological polar surface area (TPSA) is 49.6 Å². The van der Waals surface area contributed by atoms with Gasteiger partial charge in [0.05, 0.1) is 5.69 Å². The second-order valence-electron chi connectivity index (χ2n) is 6.89. The van der Waals surface area contributed by atoms with E-state index in [0.717, 1.165) is 37.9 Å². The molecule has 0 atom stereocenters. The zero-order valence-corrected chi connectivity index (χ0v) is 13.8. The SMILES string of the molecule is CC(C)c1cc(C(=O)N2CCN(C3CCCCC3)CC2)on1. The highest BCUT2D eigenvalue weighted by molar-refractivity contribution is 5.91. The summed E-state index contributed by atoms with van der Waals surface area (Å²) >= 11 is 0. The van der Waals surface area contributed by atoms with Gasteiger partial charge in [0.25, 0.3) is 5.91 Å². The number of carbonyl (C=O) groups is 1. The number of piperazine rings is 1. The molecule has 1 aliphatic heterocycles. The van der Waals surface area contributed by atoms with E-state index in [-0.39, 0.29) is 11.8 Å². The van der Waals surface area contributed by atoms with E-state index in [0.29, 0.717) is 5.76 Å². The second-order valence-corrected chi connectivity index (χ2v) is 6.89. The summed E-state index contributed by atoms with van der Waals surface area (Å²) in [5, 5.41) is 3.99. The van der Waals surface area contributed by atoms with Crippen molar-refractivity contribution < 1.29 is 9.32 Å². The Kier molecular flexibility index (Phi) is 4.81. The van der Waals surface area contributed by atoms with E-state index in [4.69, 9.17) is 4.52 Å². The van der Waals surface area contributed by atoms with Crippen LogP contribution in [0.4, 0.5) is 0 Å². The van der Waals surface area contributed by atoms with Crippen LogP contribution in [0.5, 0.6) is 0 Å². The van der Waals surface area contributed by atoms with Crippen LogP contribution in [-0.4, -0.2) is 53.1 Å². The van der Waals surface area contributed by atoms with Crippen molar-refractivity contribution in [2.45, 2.75) is 57.9 Å². The summed E-state index contributed by atoms with van der Waals surface area (Å²) in [4.78, 5) is 17.0. The van der Waals surface area contributed by atoms with Crippen molar-refractivity contribution in [1.29, 1.82) is 0 Å². The van der Waals surface area contributed by atoms with Gasteiger partial charge in [-0.05, 0) is 18.8 Å². The smallest absolute Gasteiger partial charge is 0.292 e. The molecule has 22 heavy (non-hydrogen) atoms. The van der Waals surface area contributed by atoms with Crippen molar-refractivity contribution in [2.75, 3.05) is 26.2 Å². The maximum atomic E-state index is 12.5. The Labute approximate surface area is 132 Å². The van der Waals surface area contributed by atoms with Crippen LogP contribution >= 0.6 is 0 Å². The first-order valence-corrected chi connectivity index (χ1v) is 8.65. The van der Waals surface area contributed by atoms with Crippen molar-refractivity contribution in [3.05, 3.63) is 17.5 Å². The summed E-state index contributed by atoms with van der Waals surface area (Å²) in [5.41, 5.74) is 0.851. The first-order chi connectivity index (χ1) is 10.6. The molecular formula is C17H27N3O2. The Morgan fingerprint density at radius 3 is 2.45 bits per heavy atom. The summed E-state index contributed by atoms with van der Waals surface area (Å²) in [5.74, 6) is 0.658. The standard InChI is InChI=1S/C17H27N3O2/c1-13(2)15-12-16(22-18-15)17(21)20-10-8-19(9-11-20)14-6-4-3-5-7-14/h12-14H,3-11H2,1-2H3. The zero-order chi connectivity index (χ0) is 15.5. The molecule has 0 radical (unpaired) electrons. The number of rotatable bonds is 3. The predicted octanol–water partition coefficient (Wildman–Crippen LogP) is 2.89. The fourth-order valence-electron chi connectivity index (χ4n) is 3.55. The monoisotopic (exact) mass is 305 g/mol. The number of nitrogens with zero attached hydrogens (tertiary/aromatic N) is 3. The number of carbonyl (C=O) groups excluding carboxylic acids is 1. The number of hydrogen-bond acceptors (Lipinski definition) is 4. The molecule has 0 N–H and O–H groups in total. The van der Waals surface area contributed by atoms with Crippen molar-refractivity contribution in [3.8, 4) is 0 Å². The fourth-order valence-corrected chi connectivity index (χ4v) is 3.55. The molecule has 122 valence electrons. The van der Waals surface area contributed by atoms with Crippen LogP contribution in [0, 0.1) is 0 Å². The van der Waals surface area contributed by atoms with E-state index >= 15 is 0 Å². The van der Waals surface area contributed by atoms with Crippen LogP contribution in [-0.2, 0) is 0 Å². The lowest BCUT2D eigenvalue weighted by Crippen LogP contribution is -2.52. The quantitative estimate of drug-likeness (QED) is 0.861. The van der Waals surface area contributed by atoms with Crippen LogP contribution in [0.3, 0.4) is 0 Å². The molecule has 0 aromatic carbocycles. The Bertz CT molecular complexity index is 498. The van der Waals surface area contributed by atoms with Gasteiger partial charge in [-0.2, -0.15) is 0 Å². The zero-order valence-electron chi connectivity index (χ0n) is 13.8. The summed E-state index contributed by atoms with van der Waals surface area (Å²) in [7, 11) is 0. The third-order valence-electron chi connectivity index (χ3n) is 5.02. The summed E-state index contributed by atoms with van der Waals surface area (Å²) in [6.45, 7) is 7.67. The number of aromatic nitrogens is 1. The van der Waals surface area contributed by atoms with Crippen LogP contribution < -0.4 is 0 Å². The third-order valence-corrected chi connectivity index (χ3v) is 5.02. The molecule has 1 saturated heterocycles. The predicted molar refractivity (Wildman–Crippen MR) is 84.9 cm³/mol. The first kappa shape index (κ1) is 15.5. The van der Waals surface area contributed by atoms with Gasteiger partial charge in [-0.15, -0.1) is 0 Å². The molecule has 2 aliphatic rings. The highest BCUT2D eigenvalue weighted by Gasteiger charge is 2.29. The van der Waals surface area contributed by atoms with E-state index in [2.05, 4.69) is 23.9 Å². The molecule has 1 aliphatic carbocycles. The average molecular weight is 305 g/mol. The van der Waals surface area contributed by atoms with Gasteiger partial charge in [0.1, 0.15) is 0 Å². The van der Waals surface area contributed by atoms with E-state index in [1.165, 1.54) is 32.1 Å². The molecule has 5 heteroatoms. The minimum Gasteiger partial charge on any atom is -0.351 e. The lowest BCUT2D eigenvalue weighted by atomic mass is 9.94. The normalized spacial score (nSPS) is 21.5. The highest BCUT2D eigenvalue weighted by Crippen LogP contribution is 2.24. The van der Waals surface area contributed by atoms with Gasteiger partial charge in [-0.3, -0.25) is 9.69 Å². The Balaban J connectivity index is 1.54. The molecule has 0 spiro atoms. The molecule has 0 bridgehead atoms. The van der Waals surface area contributed by atoms with E-state index in [1.807, 2.05) is 4.90 Å². The molecule has 1 amide bonds. The van der Waals surface area contributed by atoms with Crippen molar-refractivity contribution >= 4 is 5.91 Å². The molecule has 3 rings (SSSR count). The second kappa shape index (κ2) is 6.82. The highest BCUT2D eigenvalue weighted by atomic mass is 16.5. The minimum absolute atomic E-state index is 0.0114. The van der Waals surface area contributed by atoms with Crippen LogP contribution in [0.15, 0.2) is 10.6 Å². The van der Waals surface area contributed by atoms with Gasteiger partial charge < -0.3 is 9.42 Å². The lowest BCUT2D eigenvalue weighted by molar-refractivity contribution is 0.0489. The molecule has 5 nitrogen and oxygen atoms in total. The van der Waals surface area contributed by atoms with Crippen LogP contribution in [0.25, 0.3) is 0 Å². The van der Waals surface area contributed by atoms with E-state index in [1.54, 1.807) is 6.07 Å². The molecule has 0 unspecified atom stereocenters. The van der Waals surface area contributed by atoms with Crippen molar-refractivity contribution in [3.63, 3.8) is 0 Å². The van der Waals surface area contributed by atoms with Crippen LogP contribution in [0.1, 0.15) is 68.1 Å². The van der Waals surface area contributed by atoms with Crippen molar-refractivity contribution in [2.24, 2.45) is 0 Å². The van der Waals surface area contributed by atoms with Gasteiger partial charge in [0.2, 0.25) is 5.76 Å². The molecule has 2 fully saturated rings. The van der Waals surface area contributed by atoms with Gasteiger partial charge >= 0.3 is 0 Å². The lowest BCUT2D eigenvalue weighted by Gasteiger charge is -2.40. The summed E-state index contributed by atoms with van der Waals surface area (Å²) < 4.78 is 5.23. The molecule has 1 aromatic rings. The Morgan fingerprint density at radius 1 is 1.18 bits per heavy atom. The molecular weight excluding hydrogens is 278 g/mol. The van der Waals surface area contributed by atoms with Gasteiger partial charge in [0.15, 0.2) is 0 Å². The van der Waals surface area contributed by atoms with Crippen molar-refractivity contribution in [1.82, 2.24) is 15.0 Å². The minimum atomic E-state index is -0.0114. The number of hydrogen-bond donors (Lipinski definition) is 0. The Morgan fingerprint density at radius 2 is 1.86 bits per heavy atom. The fraction of sp³-hybridized carbons (Fsp3) is 0.765. The molecule has 1 saturated carbocycles.